The molecule has 156 valence electrons. The molecule has 0 aliphatic rings. The van der Waals surface area contributed by atoms with Crippen molar-refractivity contribution < 1.29 is 22.7 Å². The fourth-order valence-electron chi connectivity index (χ4n) is 2.46. The molecule has 10 heteroatoms. The zero-order valence-electron chi connectivity index (χ0n) is 15.4. The summed E-state index contributed by atoms with van der Waals surface area (Å²) in [5, 5.41) is 0.443. The molecule has 1 unspecified atom stereocenters. The predicted octanol–water partition coefficient (Wildman–Crippen LogP) is 4.00. The van der Waals surface area contributed by atoms with Crippen molar-refractivity contribution in [2.75, 3.05) is 14.2 Å². The lowest BCUT2D eigenvalue weighted by molar-refractivity contribution is -0.116. The van der Waals surface area contributed by atoms with Crippen LogP contribution in [0.5, 0.6) is 11.5 Å². The monoisotopic (exact) mass is 477 g/mol. The highest BCUT2D eigenvalue weighted by Gasteiger charge is 2.44. The average molecular weight is 479 g/mol. The minimum Gasteiger partial charge on any atom is -0.496 e. The van der Waals surface area contributed by atoms with Gasteiger partial charge in [-0.2, -0.15) is 0 Å². The quantitative estimate of drug-likeness (QED) is 0.480. The molecule has 0 heterocycles. The van der Waals surface area contributed by atoms with Crippen molar-refractivity contribution in [3.05, 3.63) is 60.2 Å². The molecule has 29 heavy (non-hydrogen) atoms. The second-order valence-corrected chi connectivity index (χ2v) is 10.1. The molecule has 0 spiro atoms. The number of rotatable bonds is 7. The maximum atomic E-state index is 12.9. The van der Waals surface area contributed by atoms with Gasteiger partial charge in [-0.25, -0.2) is 8.42 Å². The van der Waals surface area contributed by atoms with Crippen molar-refractivity contribution in [2.45, 2.75) is 14.1 Å². The largest absolute Gasteiger partial charge is 0.496 e. The van der Waals surface area contributed by atoms with Crippen molar-refractivity contribution >= 4 is 56.6 Å². The molecule has 0 aliphatic heterocycles. The molecule has 0 fully saturated rings. The second kappa shape index (κ2) is 9.71. The van der Waals surface area contributed by atoms with Crippen LogP contribution in [0.2, 0.25) is 0 Å². The van der Waals surface area contributed by atoms with Crippen LogP contribution in [0.15, 0.2) is 59.5 Å². The lowest BCUT2D eigenvalue weighted by atomic mass is 10.1. The van der Waals surface area contributed by atoms with E-state index in [4.69, 9.17) is 44.3 Å². The Balaban J connectivity index is 2.33. The summed E-state index contributed by atoms with van der Waals surface area (Å²) in [4.78, 5) is 12.3. The smallest absolute Gasteiger partial charge is 0.245 e. The number of carbonyl (C=O) groups excluding carboxylic acids is 1. The van der Waals surface area contributed by atoms with E-state index in [1.54, 1.807) is 24.3 Å². The zero-order chi connectivity index (χ0) is 21.7. The summed E-state index contributed by atoms with van der Waals surface area (Å²) in [6.45, 7) is 0. The summed E-state index contributed by atoms with van der Waals surface area (Å²) in [5.74, 6) is 0.139. The molecular weight excluding hydrogens is 461 g/mol. The summed E-state index contributed by atoms with van der Waals surface area (Å²) in [7, 11) is -1.23. The van der Waals surface area contributed by atoms with Gasteiger partial charge in [0.15, 0.2) is 5.37 Å². The molecular formula is C19H18Cl3NO5S. The molecule has 0 aromatic heterocycles. The maximum absolute atomic E-state index is 12.9. The number of benzene rings is 2. The van der Waals surface area contributed by atoms with E-state index in [9.17, 15) is 13.2 Å². The number of nitrogens with one attached hydrogen (secondary N) is 1. The number of alkyl halides is 3. The number of methoxy groups -OCH3 is 2. The molecule has 1 atom stereocenters. The Morgan fingerprint density at radius 1 is 1.00 bits per heavy atom. The SMILES string of the molecule is COc1cccc(OC)c1C=CC(=O)NC(C(Cl)(Cl)Cl)S(=O)(=O)c1ccccc1. The van der Waals surface area contributed by atoms with Gasteiger partial charge in [0.2, 0.25) is 19.5 Å². The first-order valence-corrected chi connectivity index (χ1v) is 10.8. The summed E-state index contributed by atoms with van der Waals surface area (Å²) < 4.78 is 33.9. The van der Waals surface area contributed by atoms with Crippen LogP contribution in [-0.4, -0.2) is 37.7 Å². The van der Waals surface area contributed by atoms with E-state index in [0.29, 0.717) is 17.1 Å². The predicted molar refractivity (Wildman–Crippen MR) is 114 cm³/mol. The zero-order valence-corrected chi connectivity index (χ0v) is 18.5. The molecule has 2 rings (SSSR count). The fourth-order valence-corrected chi connectivity index (χ4v) is 5.11. The third kappa shape index (κ3) is 5.79. The topological polar surface area (TPSA) is 81.7 Å². The van der Waals surface area contributed by atoms with Gasteiger partial charge in [0.1, 0.15) is 11.5 Å². The lowest BCUT2D eigenvalue weighted by Crippen LogP contribution is -2.48. The Morgan fingerprint density at radius 3 is 2.03 bits per heavy atom. The Kier molecular flexibility index (Phi) is 7.82. The number of sulfone groups is 1. The molecule has 1 amide bonds. The van der Waals surface area contributed by atoms with Gasteiger partial charge in [-0.3, -0.25) is 4.79 Å². The number of amides is 1. The van der Waals surface area contributed by atoms with E-state index in [1.165, 1.54) is 44.6 Å². The van der Waals surface area contributed by atoms with E-state index in [2.05, 4.69) is 5.32 Å². The van der Waals surface area contributed by atoms with Crippen molar-refractivity contribution in [1.29, 1.82) is 0 Å². The van der Waals surface area contributed by atoms with Crippen LogP contribution in [0, 0.1) is 0 Å². The van der Waals surface area contributed by atoms with Gasteiger partial charge in [0, 0.05) is 6.08 Å². The second-order valence-electron chi connectivity index (χ2n) is 5.70. The van der Waals surface area contributed by atoms with Gasteiger partial charge in [-0.1, -0.05) is 59.1 Å². The normalized spacial score (nSPS) is 13.1. The van der Waals surface area contributed by atoms with Crippen molar-refractivity contribution in [2.24, 2.45) is 0 Å². The van der Waals surface area contributed by atoms with Crippen LogP contribution < -0.4 is 14.8 Å². The maximum Gasteiger partial charge on any atom is 0.245 e. The third-order valence-corrected chi connectivity index (χ3v) is 6.88. The van der Waals surface area contributed by atoms with Crippen LogP contribution in [0.25, 0.3) is 6.08 Å². The Hall–Kier alpha value is -1.93. The fraction of sp³-hybridized carbons (Fsp3) is 0.211. The van der Waals surface area contributed by atoms with E-state index in [0.717, 1.165) is 6.08 Å². The Bertz CT molecular complexity index is 966. The molecule has 0 bridgehead atoms. The minimum absolute atomic E-state index is 0.0907. The highest BCUT2D eigenvalue weighted by atomic mass is 35.6. The molecule has 2 aromatic carbocycles. The Labute approximate surface area is 184 Å². The number of carbonyl (C=O) groups is 1. The van der Waals surface area contributed by atoms with Crippen LogP contribution >= 0.6 is 34.8 Å². The number of ether oxygens (including phenoxy) is 2. The minimum atomic E-state index is -4.17. The van der Waals surface area contributed by atoms with Gasteiger partial charge < -0.3 is 14.8 Å². The van der Waals surface area contributed by atoms with Gasteiger partial charge in [0.05, 0.1) is 24.7 Å². The first-order chi connectivity index (χ1) is 13.6. The van der Waals surface area contributed by atoms with E-state index in [-0.39, 0.29) is 4.90 Å². The molecule has 0 saturated carbocycles. The molecule has 6 nitrogen and oxygen atoms in total. The van der Waals surface area contributed by atoms with Crippen LogP contribution in [0.1, 0.15) is 5.56 Å². The van der Waals surface area contributed by atoms with E-state index in [1.807, 2.05) is 0 Å². The summed E-state index contributed by atoms with van der Waals surface area (Å²) in [6, 6.07) is 12.5. The first kappa shape index (κ1) is 23.3. The summed E-state index contributed by atoms with van der Waals surface area (Å²) in [5.41, 5.74) is 0.490. The molecule has 0 saturated heterocycles. The van der Waals surface area contributed by atoms with Crippen LogP contribution in [0.3, 0.4) is 0 Å². The highest BCUT2D eigenvalue weighted by Crippen LogP contribution is 2.36. The van der Waals surface area contributed by atoms with Crippen LogP contribution in [0.4, 0.5) is 0 Å². The van der Waals surface area contributed by atoms with Gasteiger partial charge in [0.25, 0.3) is 0 Å². The van der Waals surface area contributed by atoms with E-state index >= 15 is 0 Å². The molecule has 1 N–H and O–H groups in total. The highest BCUT2D eigenvalue weighted by molar-refractivity contribution is 7.92. The molecule has 0 radical (unpaired) electrons. The standard InChI is InChI=1S/C19H18Cl3NO5S/c1-27-15-9-6-10-16(28-2)14(15)11-12-17(24)23-18(19(20,21)22)29(25,26)13-7-4-3-5-8-13/h3-12,18H,1-2H3,(H,23,24). The average Bonchev–Trinajstić information content (AvgIpc) is 2.69. The third-order valence-electron chi connectivity index (χ3n) is 3.82. The van der Waals surface area contributed by atoms with Crippen molar-refractivity contribution in [3.63, 3.8) is 0 Å². The summed E-state index contributed by atoms with van der Waals surface area (Å²) >= 11 is 17.6. The lowest BCUT2D eigenvalue weighted by Gasteiger charge is -2.25. The van der Waals surface area contributed by atoms with E-state index < -0.39 is 24.9 Å². The van der Waals surface area contributed by atoms with Crippen molar-refractivity contribution in [1.82, 2.24) is 5.32 Å². The van der Waals surface area contributed by atoms with Gasteiger partial charge >= 0.3 is 0 Å². The molecule has 2 aromatic rings. The Morgan fingerprint density at radius 2 is 1.55 bits per heavy atom. The number of hydrogen-bond acceptors (Lipinski definition) is 5. The first-order valence-electron chi connectivity index (χ1n) is 8.16. The van der Waals surface area contributed by atoms with Crippen LogP contribution in [-0.2, 0) is 14.6 Å². The van der Waals surface area contributed by atoms with Gasteiger partial charge in [-0.05, 0) is 30.3 Å². The molecule has 0 aliphatic carbocycles. The van der Waals surface area contributed by atoms with Crippen molar-refractivity contribution in [3.8, 4) is 11.5 Å². The summed E-state index contributed by atoms with van der Waals surface area (Å²) in [6.07, 6.45) is 2.52. The van der Waals surface area contributed by atoms with Gasteiger partial charge in [-0.15, -0.1) is 0 Å². The number of halogens is 3. The number of hydrogen-bond donors (Lipinski definition) is 1.